The van der Waals surface area contributed by atoms with Gasteiger partial charge in [0, 0.05) is 9.37 Å². The van der Waals surface area contributed by atoms with Crippen molar-refractivity contribution >= 4 is 56.4 Å². The molecule has 0 aliphatic heterocycles. The number of benzene rings is 1. The molecule has 1 heterocycles. The fraction of sp³-hybridized carbons (Fsp3) is 0.0833. The van der Waals surface area contributed by atoms with Crippen LogP contribution in [0.25, 0.3) is 0 Å². The van der Waals surface area contributed by atoms with Gasteiger partial charge in [-0.15, -0.1) is 23.1 Å². The number of ketones is 1. The van der Waals surface area contributed by atoms with E-state index in [0.29, 0.717) is 15.7 Å². The number of hydrogen-bond acceptors (Lipinski definition) is 3. The molecule has 0 aliphatic carbocycles. The zero-order valence-electron chi connectivity index (χ0n) is 8.65. The van der Waals surface area contributed by atoms with E-state index in [2.05, 4.69) is 15.9 Å². The van der Waals surface area contributed by atoms with E-state index in [-0.39, 0.29) is 5.78 Å². The molecule has 2 rings (SSSR count). The fourth-order valence-electron chi connectivity index (χ4n) is 1.26. The summed E-state index contributed by atoms with van der Waals surface area (Å²) in [6, 6.07) is 9.65. The van der Waals surface area contributed by atoms with Gasteiger partial charge in [-0.25, -0.2) is 0 Å². The Morgan fingerprint density at radius 1 is 1.41 bits per heavy atom. The highest BCUT2D eigenvalue weighted by atomic mass is 79.9. The van der Waals surface area contributed by atoms with Crippen LogP contribution in [0.5, 0.6) is 0 Å². The summed E-state index contributed by atoms with van der Waals surface area (Å²) < 4.78 is 1.02. The Labute approximate surface area is 121 Å². The van der Waals surface area contributed by atoms with E-state index >= 15 is 0 Å². The van der Waals surface area contributed by atoms with Gasteiger partial charge in [0.15, 0.2) is 5.78 Å². The minimum absolute atomic E-state index is 0.0787. The van der Waals surface area contributed by atoms with Crippen LogP contribution in [-0.4, -0.2) is 11.5 Å². The Hall–Kier alpha value is -0.290. The molecule has 5 heteroatoms. The molecule has 0 saturated carbocycles. The monoisotopic (exact) mass is 346 g/mol. The lowest BCUT2D eigenvalue weighted by Gasteiger charge is -2.01. The maximum absolute atomic E-state index is 11.9. The number of carbonyl (C=O) groups excluding carboxylic acids is 1. The number of halogens is 2. The molecule has 88 valence electrons. The molecule has 17 heavy (non-hydrogen) atoms. The minimum atomic E-state index is 0.0787. The average molecular weight is 348 g/mol. The Balaban J connectivity index is 1.99. The third-order valence-electron chi connectivity index (χ3n) is 2.04. The number of thiophene rings is 1. The second-order valence-electron chi connectivity index (χ2n) is 3.27. The molecule has 0 unspecified atom stereocenters. The maximum atomic E-state index is 11.9. The molecule has 0 radical (unpaired) electrons. The van der Waals surface area contributed by atoms with Gasteiger partial charge in [0.2, 0.25) is 0 Å². The van der Waals surface area contributed by atoms with Crippen molar-refractivity contribution in [3.63, 3.8) is 0 Å². The Morgan fingerprint density at radius 2 is 2.24 bits per heavy atom. The molecule has 0 N–H and O–H groups in total. The predicted molar refractivity (Wildman–Crippen MR) is 78.5 cm³/mol. The number of rotatable bonds is 4. The molecule has 1 aromatic heterocycles. The van der Waals surface area contributed by atoms with E-state index in [1.807, 2.05) is 29.6 Å². The van der Waals surface area contributed by atoms with Crippen molar-refractivity contribution < 1.29 is 4.79 Å². The summed E-state index contributed by atoms with van der Waals surface area (Å²) in [6.07, 6.45) is 0. The summed E-state index contributed by atoms with van der Waals surface area (Å²) in [7, 11) is 0. The minimum Gasteiger partial charge on any atom is -0.292 e. The number of thioether (sulfide) groups is 1. The summed E-state index contributed by atoms with van der Waals surface area (Å²) in [6.45, 7) is 0. The van der Waals surface area contributed by atoms with Crippen LogP contribution >= 0.6 is 50.6 Å². The van der Waals surface area contributed by atoms with Crippen LogP contribution in [0.2, 0.25) is 5.02 Å². The van der Waals surface area contributed by atoms with Crippen LogP contribution < -0.4 is 0 Å². The van der Waals surface area contributed by atoms with Crippen molar-refractivity contribution in [1.82, 2.24) is 0 Å². The van der Waals surface area contributed by atoms with Gasteiger partial charge in [0.1, 0.15) is 0 Å². The first-order valence-corrected chi connectivity index (χ1v) is 7.85. The van der Waals surface area contributed by atoms with E-state index in [4.69, 9.17) is 11.6 Å². The Kier molecular flexibility index (Phi) is 4.68. The van der Waals surface area contributed by atoms with Gasteiger partial charge in [-0.2, -0.15) is 0 Å². The van der Waals surface area contributed by atoms with Crippen molar-refractivity contribution in [2.24, 2.45) is 0 Å². The van der Waals surface area contributed by atoms with Crippen molar-refractivity contribution in [3.05, 3.63) is 50.1 Å². The molecule has 1 aromatic carbocycles. The number of Topliss-reactive ketones (excluding diaryl/α,β-unsaturated/α-hetero) is 1. The second-order valence-corrected chi connectivity index (χ2v) is 6.55. The van der Waals surface area contributed by atoms with Crippen LogP contribution in [0.1, 0.15) is 9.67 Å². The van der Waals surface area contributed by atoms with E-state index in [9.17, 15) is 4.79 Å². The second kappa shape index (κ2) is 6.05. The average Bonchev–Trinajstić information content (AvgIpc) is 2.72. The molecule has 0 fully saturated rings. The third-order valence-corrected chi connectivity index (χ3v) is 4.91. The molecule has 2 aromatic rings. The van der Waals surface area contributed by atoms with Crippen molar-refractivity contribution in [1.29, 1.82) is 0 Å². The summed E-state index contributed by atoms with van der Waals surface area (Å²) >= 11 is 12.2. The van der Waals surface area contributed by atoms with Crippen LogP contribution in [0, 0.1) is 0 Å². The molecular formula is C12H8BrClOS2. The zero-order chi connectivity index (χ0) is 12.3. The molecule has 0 saturated heterocycles. The summed E-state index contributed by atoms with van der Waals surface area (Å²) in [5.41, 5.74) is 0. The van der Waals surface area contributed by atoms with Gasteiger partial charge in [0.25, 0.3) is 0 Å². The van der Waals surface area contributed by atoms with Gasteiger partial charge >= 0.3 is 0 Å². The first-order valence-electron chi connectivity index (χ1n) is 4.81. The highest BCUT2D eigenvalue weighted by Gasteiger charge is 2.12. The summed E-state index contributed by atoms with van der Waals surface area (Å²) in [5, 5.41) is 2.38. The topological polar surface area (TPSA) is 17.1 Å². The van der Waals surface area contributed by atoms with Crippen LogP contribution in [0.3, 0.4) is 0 Å². The molecule has 1 nitrogen and oxygen atoms in total. The van der Waals surface area contributed by atoms with E-state index in [1.54, 1.807) is 6.07 Å². The largest absolute Gasteiger partial charge is 0.292 e. The molecule has 0 atom stereocenters. The lowest BCUT2D eigenvalue weighted by molar-refractivity contribution is 0.102. The van der Waals surface area contributed by atoms with Gasteiger partial charge in [-0.3, -0.25) is 4.79 Å². The molecule has 0 amide bonds. The van der Waals surface area contributed by atoms with E-state index in [0.717, 1.165) is 9.37 Å². The maximum Gasteiger partial charge on any atom is 0.184 e. The predicted octanol–water partition coefficient (Wildman–Crippen LogP) is 5.14. The smallest absolute Gasteiger partial charge is 0.184 e. The van der Waals surface area contributed by atoms with Crippen molar-refractivity contribution in [2.45, 2.75) is 4.90 Å². The van der Waals surface area contributed by atoms with Crippen LogP contribution in [0.4, 0.5) is 0 Å². The standard InChI is InChI=1S/C12H8BrClOS2/c13-8-2-1-3-9(6-8)17-7-11(15)12-10(14)4-5-16-12/h1-6H,7H2. The van der Waals surface area contributed by atoms with Gasteiger partial charge in [0.05, 0.1) is 15.7 Å². The third kappa shape index (κ3) is 3.58. The number of hydrogen-bond donors (Lipinski definition) is 0. The molecule has 0 aliphatic rings. The number of carbonyl (C=O) groups is 1. The van der Waals surface area contributed by atoms with E-state index < -0.39 is 0 Å². The summed E-state index contributed by atoms with van der Waals surface area (Å²) in [4.78, 5) is 13.6. The fourth-order valence-corrected chi connectivity index (χ4v) is 3.83. The molecular weight excluding hydrogens is 340 g/mol. The summed E-state index contributed by atoms with van der Waals surface area (Å²) in [5.74, 6) is 0.492. The highest BCUT2D eigenvalue weighted by molar-refractivity contribution is 9.10. The van der Waals surface area contributed by atoms with Gasteiger partial charge < -0.3 is 0 Å². The highest BCUT2D eigenvalue weighted by Crippen LogP contribution is 2.27. The first-order chi connectivity index (χ1) is 8.16. The normalized spacial score (nSPS) is 10.5. The van der Waals surface area contributed by atoms with Crippen LogP contribution in [-0.2, 0) is 0 Å². The lowest BCUT2D eigenvalue weighted by Crippen LogP contribution is -1.99. The lowest BCUT2D eigenvalue weighted by atomic mass is 10.3. The zero-order valence-corrected chi connectivity index (χ0v) is 12.6. The SMILES string of the molecule is O=C(CSc1cccc(Br)c1)c1sccc1Cl. The first kappa shape index (κ1) is 13.1. The van der Waals surface area contributed by atoms with E-state index in [1.165, 1.54) is 23.1 Å². The van der Waals surface area contributed by atoms with Crippen LogP contribution in [0.15, 0.2) is 45.1 Å². The Bertz CT molecular complexity index is 539. The van der Waals surface area contributed by atoms with Crippen molar-refractivity contribution in [3.8, 4) is 0 Å². The van der Waals surface area contributed by atoms with Crippen molar-refractivity contribution in [2.75, 3.05) is 5.75 Å². The quantitative estimate of drug-likeness (QED) is 0.563. The van der Waals surface area contributed by atoms with Gasteiger partial charge in [-0.05, 0) is 29.6 Å². The molecule has 0 spiro atoms. The Morgan fingerprint density at radius 3 is 2.88 bits per heavy atom. The molecule has 0 bridgehead atoms. The van der Waals surface area contributed by atoms with Gasteiger partial charge in [-0.1, -0.05) is 33.6 Å².